The fraction of sp³-hybridized carbons (Fsp3) is 0.500. The van der Waals surface area contributed by atoms with Crippen LogP contribution in [0, 0.1) is 0 Å². The van der Waals surface area contributed by atoms with Crippen molar-refractivity contribution in [1.29, 1.82) is 0 Å². The van der Waals surface area contributed by atoms with Crippen molar-refractivity contribution in [3.05, 3.63) is 11.5 Å². The Hall–Kier alpha value is -0.530. The van der Waals surface area contributed by atoms with Crippen LogP contribution < -0.4 is 4.74 Å². The van der Waals surface area contributed by atoms with Gasteiger partial charge in [-0.3, -0.25) is 0 Å². The van der Waals surface area contributed by atoms with E-state index in [2.05, 4.69) is 9.97 Å². The van der Waals surface area contributed by atoms with Gasteiger partial charge in [-0.1, -0.05) is 11.6 Å². The van der Waals surface area contributed by atoms with E-state index >= 15 is 0 Å². The second-order valence-electron chi connectivity index (χ2n) is 2.98. The highest BCUT2D eigenvalue weighted by Gasteiger charge is 2.11. The third kappa shape index (κ3) is 4.15. The minimum atomic E-state index is -2.96. The zero-order chi connectivity index (χ0) is 12.2. The SMILES string of the molecule is COc1c(Cl)ncnc1SCCS(C)(=O)=O. The maximum absolute atomic E-state index is 10.9. The van der Waals surface area contributed by atoms with Gasteiger partial charge < -0.3 is 4.74 Å². The fourth-order valence-corrected chi connectivity index (χ4v) is 3.34. The van der Waals surface area contributed by atoms with Crippen LogP contribution in [0.5, 0.6) is 5.75 Å². The molecule has 0 atom stereocenters. The van der Waals surface area contributed by atoms with E-state index in [9.17, 15) is 8.42 Å². The van der Waals surface area contributed by atoms with Crippen molar-refractivity contribution in [2.75, 3.05) is 24.9 Å². The molecule has 0 fully saturated rings. The molecular formula is C8H11ClN2O3S2. The minimum Gasteiger partial charge on any atom is -0.491 e. The Morgan fingerprint density at radius 3 is 2.75 bits per heavy atom. The molecule has 0 N–H and O–H groups in total. The fourth-order valence-electron chi connectivity index (χ4n) is 0.902. The third-order valence-corrected chi connectivity index (χ3v) is 4.07. The van der Waals surface area contributed by atoms with Crippen LogP contribution >= 0.6 is 23.4 Å². The number of halogens is 1. The van der Waals surface area contributed by atoms with Gasteiger partial charge in [0, 0.05) is 12.0 Å². The van der Waals surface area contributed by atoms with Gasteiger partial charge in [-0.15, -0.1) is 11.8 Å². The molecule has 0 radical (unpaired) electrons. The lowest BCUT2D eigenvalue weighted by Crippen LogP contribution is -2.05. The lowest BCUT2D eigenvalue weighted by Gasteiger charge is -2.06. The van der Waals surface area contributed by atoms with Gasteiger partial charge in [0.2, 0.25) is 0 Å². The summed E-state index contributed by atoms with van der Waals surface area (Å²) in [6, 6.07) is 0. The summed E-state index contributed by atoms with van der Waals surface area (Å²) in [4.78, 5) is 7.74. The van der Waals surface area contributed by atoms with Gasteiger partial charge in [-0.25, -0.2) is 18.4 Å². The third-order valence-electron chi connectivity index (χ3n) is 1.62. The first-order chi connectivity index (χ1) is 7.44. The van der Waals surface area contributed by atoms with Crippen molar-refractivity contribution in [3.8, 4) is 5.75 Å². The average molecular weight is 283 g/mol. The molecule has 0 spiro atoms. The maximum atomic E-state index is 10.9. The molecule has 0 saturated heterocycles. The summed E-state index contributed by atoms with van der Waals surface area (Å²) in [6.07, 6.45) is 2.51. The molecule has 0 aliphatic heterocycles. The van der Waals surface area contributed by atoms with Crippen molar-refractivity contribution in [2.24, 2.45) is 0 Å². The molecule has 1 aromatic rings. The van der Waals surface area contributed by atoms with Crippen LogP contribution in [-0.2, 0) is 9.84 Å². The van der Waals surface area contributed by atoms with Gasteiger partial charge in [0.05, 0.1) is 12.9 Å². The number of rotatable bonds is 5. The number of ether oxygens (including phenoxy) is 1. The number of sulfone groups is 1. The van der Waals surface area contributed by atoms with Crippen molar-refractivity contribution in [3.63, 3.8) is 0 Å². The van der Waals surface area contributed by atoms with E-state index in [-0.39, 0.29) is 10.9 Å². The van der Waals surface area contributed by atoms with E-state index in [1.807, 2.05) is 0 Å². The summed E-state index contributed by atoms with van der Waals surface area (Å²) in [5.41, 5.74) is 0. The van der Waals surface area contributed by atoms with Crippen molar-refractivity contribution >= 4 is 33.2 Å². The predicted molar refractivity (Wildman–Crippen MR) is 64.0 cm³/mol. The Balaban J connectivity index is 2.71. The predicted octanol–water partition coefficient (Wildman–Crippen LogP) is 1.28. The molecule has 0 unspecified atom stereocenters. The number of methoxy groups -OCH3 is 1. The van der Waals surface area contributed by atoms with E-state index in [0.29, 0.717) is 16.5 Å². The second kappa shape index (κ2) is 5.70. The molecule has 0 saturated carbocycles. The first-order valence-electron chi connectivity index (χ1n) is 4.29. The van der Waals surface area contributed by atoms with E-state index in [1.165, 1.54) is 31.5 Å². The lowest BCUT2D eigenvalue weighted by molar-refractivity contribution is 0.398. The summed E-state index contributed by atoms with van der Waals surface area (Å²) in [5.74, 6) is 0.869. The summed E-state index contributed by atoms with van der Waals surface area (Å²) < 4.78 is 26.9. The molecule has 8 heteroatoms. The van der Waals surface area contributed by atoms with Gasteiger partial charge in [0.25, 0.3) is 0 Å². The monoisotopic (exact) mass is 282 g/mol. The summed E-state index contributed by atoms with van der Waals surface area (Å²) in [5, 5.41) is 0.769. The molecule has 0 bridgehead atoms. The van der Waals surface area contributed by atoms with Crippen molar-refractivity contribution in [2.45, 2.75) is 5.03 Å². The lowest BCUT2D eigenvalue weighted by atomic mass is 10.6. The van der Waals surface area contributed by atoms with Crippen LogP contribution in [0.2, 0.25) is 5.15 Å². The summed E-state index contributed by atoms with van der Waals surface area (Å²) in [7, 11) is -1.50. The van der Waals surface area contributed by atoms with Crippen molar-refractivity contribution in [1.82, 2.24) is 9.97 Å². The van der Waals surface area contributed by atoms with Gasteiger partial charge in [-0.05, 0) is 0 Å². The summed E-state index contributed by atoms with van der Waals surface area (Å²) >= 11 is 7.06. The highest BCUT2D eigenvalue weighted by molar-refractivity contribution is 8.00. The van der Waals surface area contributed by atoms with Crippen molar-refractivity contribution < 1.29 is 13.2 Å². The number of nitrogens with zero attached hydrogens (tertiary/aromatic N) is 2. The molecular weight excluding hydrogens is 272 g/mol. The largest absolute Gasteiger partial charge is 0.491 e. The van der Waals surface area contributed by atoms with Crippen LogP contribution in [0.4, 0.5) is 0 Å². The molecule has 0 aliphatic rings. The quantitative estimate of drug-likeness (QED) is 0.598. The molecule has 1 heterocycles. The van der Waals surface area contributed by atoms with Gasteiger partial charge in [-0.2, -0.15) is 0 Å². The topological polar surface area (TPSA) is 69.2 Å². The van der Waals surface area contributed by atoms with E-state index in [0.717, 1.165) is 0 Å². The molecule has 90 valence electrons. The van der Waals surface area contributed by atoms with Crippen LogP contribution in [0.25, 0.3) is 0 Å². The molecule has 5 nitrogen and oxygen atoms in total. The number of thioether (sulfide) groups is 1. The second-order valence-corrected chi connectivity index (χ2v) is 6.68. The molecule has 1 rings (SSSR count). The number of hydrogen-bond donors (Lipinski definition) is 0. The minimum absolute atomic E-state index is 0.0858. The van der Waals surface area contributed by atoms with Gasteiger partial charge in [0.1, 0.15) is 21.2 Å². The highest BCUT2D eigenvalue weighted by atomic mass is 35.5. The van der Waals surface area contributed by atoms with Crippen LogP contribution in [0.3, 0.4) is 0 Å². The highest BCUT2D eigenvalue weighted by Crippen LogP contribution is 2.31. The summed E-state index contributed by atoms with van der Waals surface area (Å²) in [6.45, 7) is 0. The van der Waals surface area contributed by atoms with Crippen LogP contribution in [-0.4, -0.2) is 43.3 Å². The van der Waals surface area contributed by atoms with Crippen LogP contribution in [0.1, 0.15) is 0 Å². The Bertz CT molecular complexity index is 464. The van der Waals surface area contributed by atoms with Gasteiger partial charge >= 0.3 is 0 Å². The maximum Gasteiger partial charge on any atom is 0.188 e. The first kappa shape index (κ1) is 13.5. The molecule has 0 aromatic carbocycles. The molecule has 0 amide bonds. The Morgan fingerprint density at radius 2 is 2.19 bits per heavy atom. The molecule has 1 aromatic heterocycles. The normalized spacial score (nSPS) is 11.4. The van der Waals surface area contributed by atoms with Crippen LogP contribution in [0.15, 0.2) is 11.4 Å². The number of hydrogen-bond acceptors (Lipinski definition) is 6. The average Bonchev–Trinajstić information content (AvgIpc) is 2.16. The van der Waals surface area contributed by atoms with E-state index in [1.54, 1.807) is 0 Å². The zero-order valence-electron chi connectivity index (χ0n) is 8.81. The Morgan fingerprint density at radius 1 is 1.50 bits per heavy atom. The Kier molecular flexibility index (Phi) is 4.82. The van der Waals surface area contributed by atoms with Gasteiger partial charge in [0.15, 0.2) is 10.9 Å². The molecule has 0 aliphatic carbocycles. The first-order valence-corrected chi connectivity index (χ1v) is 7.71. The van der Waals surface area contributed by atoms with E-state index < -0.39 is 9.84 Å². The Labute approximate surface area is 103 Å². The smallest absolute Gasteiger partial charge is 0.188 e. The van der Waals surface area contributed by atoms with E-state index in [4.69, 9.17) is 16.3 Å². The number of aromatic nitrogens is 2. The standard InChI is InChI=1S/C8H11ClN2O3S2/c1-14-6-7(9)10-5-11-8(6)15-3-4-16(2,12)13/h5H,3-4H2,1-2H3. The zero-order valence-corrected chi connectivity index (χ0v) is 11.2. The molecule has 16 heavy (non-hydrogen) atoms.